The first-order valence-corrected chi connectivity index (χ1v) is 4.81. The predicted octanol–water partition coefficient (Wildman–Crippen LogP) is 2.77. The molecule has 0 amide bonds. The number of furan rings is 2. The quantitative estimate of drug-likeness (QED) is 0.771. The second-order valence-corrected chi connectivity index (χ2v) is 3.57. The van der Waals surface area contributed by atoms with Gasteiger partial charge in [-0.15, -0.1) is 0 Å². The zero-order valence-electron chi connectivity index (χ0n) is 7.43. The maximum Gasteiger partial charge on any atom is 0.204 e. The highest BCUT2D eigenvalue weighted by Crippen LogP contribution is 2.30. The summed E-state index contributed by atoms with van der Waals surface area (Å²) in [5.41, 5.74) is 0. The van der Waals surface area contributed by atoms with Crippen molar-refractivity contribution in [2.24, 2.45) is 0 Å². The lowest BCUT2D eigenvalue weighted by atomic mass is 10.5. The summed E-state index contributed by atoms with van der Waals surface area (Å²) in [7, 11) is 0. The first-order chi connectivity index (χ1) is 7.31. The van der Waals surface area contributed by atoms with Gasteiger partial charge in [-0.05, 0) is 36.0 Å². The molecule has 2 heterocycles. The molecule has 0 aliphatic rings. The standard InChI is InChI=1S/C10H4N2O2S/c11-5-7-1-3-9(13-7)15-10-4-2-8(6-12)14-10/h1-4H. The van der Waals surface area contributed by atoms with Crippen molar-refractivity contribution in [1.29, 1.82) is 10.5 Å². The minimum atomic E-state index is 0.254. The molecule has 0 fully saturated rings. The van der Waals surface area contributed by atoms with Crippen LogP contribution in [0.1, 0.15) is 11.5 Å². The molecule has 0 aliphatic carbocycles. The van der Waals surface area contributed by atoms with Gasteiger partial charge in [-0.25, -0.2) is 0 Å². The fraction of sp³-hybridized carbons (Fsp3) is 0. The number of rotatable bonds is 2. The molecule has 0 atom stereocenters. The molecule has 0 unspecified atom stereocenters. The topological polar surface area (TPSA) is 73.9 Å². The van der Waals surface area contributed by atoms with Crippen LogP contribution in [0.15, 0.2) is 43.3 Å². The number of hydrogen-bond donors (Lipinski definition) is 0. The van der Waals surface area contributed by atoms with Crippen LogP contribution < -0.4 is 0 Å². The predicted molar refractivity (Wildman–Crippen MR) is 51.0 cm³/mol. The van der Waals surface area contributed by atoms with E-state index in [1.54, 1.807) is 24.3 Å². The Labute approximate surface area is 89.7 Å². The maximum atomic E-state index is 8.54. The summed E-state index contributed by atoms with van der Waals surface area (Å²) in [6, 6.07) is 10.3. The molecule has 5 heteroatoms. The van der Waals surface area contributed by atoms with E-state index in [4.69, 9.17) is 19.4 Å². The molecular weight excluding hydrogens is 212 g/mol. The third-order valence-electron chi connectivity index (χ3n) is 1.58. The molecule has 0 saturated carbocycles. The van der Waals surface area contributed by atoms with Crippen molar-refractivity contribution >= 4 is 11.8 Å². The second kappa shape index (κ2) is 3.95. The third-order valence-corrected chi connectivity index (χ3v) is 2.43. The van der Waals surface area contributed by atoms with E-state index in [1.165, 1.54) is 11.8 Å². The van der Waals surface area contributed by atoms with Crippen LogP contribution in [0.25, 0.3) is 0 Å². The highest BCUT2D eigenvalue weighted by atomic mass is 32.2. The lowest BCUT2D eigenvalue weighted by Gasteiger charge is -1.89. The number of nitrogens with zero attached hydrogens (tertiary/aromatic N) is 2. The first-order valence-electron chi connectivity index (χ1n) is 3.99. The minimum absolute atomic E-state index is 0.254. The van der Waals surface area contributed by atoms with Crippen molar-refractivity contribution in [3.8, 4) is 12.1 Å². The second-order valence-electron chi connectivity index (χ2n) is 2.56. The molecule has 0 aliphatic heterocycles. The number of hydrogen-bond acceptors (Lipinski definition) is 5. The number of nitriles is 2. The van der Waals surface area contributed by atoms with Gasteiger partial charge in [0.25, 0.3) is 0 Å². The van der Waals surface area contributed by atoms with Gasteiger partial charge in [0.05, 0.1) is 0 Å². The van der Waals surface area contributed by atoms with Gasteiger partial charge in [0.2, 0.25) is 11.5 Å². The molecular formula is C10H4N2O2S. The lowest BCUT2D eigenvalue weighted by molar-refractivity contribution is 0.444. The van der Waals surface area contributed by atoms with Gasteiger partial charge in [-0.3, -0.25) is 0 Å². The summed E-state index contributed by atoms with van der Waals surface area (Å²) in [6.07, 6.45) is 0. The summed E-state index contributed by atoms with van der Waals surface area (Å²) in [4.78, 5) is 0. The Morgan fingerprint density at radius 2 is 1.33 bits per heavy atom. The van der Waals surface area contributed by atoms with E-state index in [1.807, 2.05) is 12.1 Å². The summed E-state index contributed by atoms with van der Waals surface area (Å²) < 4.78 is 10.3. The van der Waals surface area contributed by atoms with Crippen LogP contribution in [-0.2, 0) is 0 Å². The summed E-state index contributed by atoms with van der Waals surface area (Å²) in [6.45, 7) is 0. The fourth-order valence-electron chi connectivity index (χ4n) is 0.969. The highest BCUT2D eigenvalue weighted by Gasteiger charge is 2.07. The molecule has 0 spiro atoms. The first kappa shape index (κ1) is 9.45. The molecule has 15 heavy (non-hydrogen) atoms. The van der Waals surface area contributed by atoms with Crippen LogP contribution in [0.5, 0.6) is 0 Å². The van der Waals surface area contributed by atoms with Crippen LogP contribution >= 0.6 is 11.8 Å². The Morgan fingerprint density at radius 1 is 0.867 bits per heavy atom. The van der Waals surface area contributed by atoms with E-state index in [0.29, 0.717) is 10.2 Å². The molecule has 2 rings (SSSR count). The molecule has 0 N–H and O–H groups in total. The highest BCUT2D eigenvalue weighted by molar-refractivity contribution is 7.99. The van der Waals surface area contributed by atoms with Crippen LogP contribution in [0.3, 0.4) is 0 Å². The van der Waals surface area contributed by atoms with Crippen molar-refractivity contribution in [2.45, 2.75) is 10.2 Å². The molecule has 4 nitrogen and oxygen atoms in total. The van der Waals surface area contributed by atoms with E-state index in [0.717, 1.165) is 0 Å². The lowest BCUT2D eigenvalue weighted by Crippen LogP contribution is -1.63. The SMILES string of the molecule is N#Cc1ccc(Sc2ccc(C#N)o2)o1. The van der Waals surface area contributed by atoms with E-state index < -0.39 is 0 Å². The molecule has 0 radical (unpaired) electrons. The van der Waals surface area contributed by atoms with Gasteiger partial charge >= 0.3 is 0 Å². The normalized spacial score (nSPS) is 9.47. The van der Waals surface area contributed by atoms with Gasteiger partial charge in [0.1, 0.15) is 12.1 Å². The van der Waals surface area contributed by atoms with Gasteiger partial charge < -0.3 is 8.83 Å². The Kier molecular flexibility index (Phi) is 2.49. The largest absolute Gasteiger partial charge is 0.439 e. The van der Waals surface area contributed by atoms with Gasteiger partial charge in [-0.1, -0.05) is 0 Å². The monoisotopic (exact) mass is 216 g/mol. The third kappa shape index (κ3) is 2.04. The average molecular weight is 216 g/mol. The summed E-state index contributed by atoms with van der Waals surface area (Å²) >= 11 is 1.22. The summed E-state index contributed by atoms with van der Waals surface area (Å²) in [5.74, 6) is 0.508. The van der Waals surface area contributed by atoms with Crippen molar-refractivity contribution < 1.29 is 8.83 Å². The van der Waals surface area contributed by atoms with Crippen molar-refractivity contribution in [2.75, 3.05) is 0 Å². The van der Waals surface area contributed by atoms with Crippen LogP contribution in [0.2, 0.25) is 0 Å². The zero-order valence-corrected chi connectivity index (χ0v) is 8.25. The van der Waals surface area contributed by atoms with Gasteiger partial charge in [-0.2, -0.15) is 10.5 Å². The molecule has 0 aromatic carbocycles. The van der Waals surface area contributed by atoms with Crippen LogP contribution in [0, 0.1) is 22.7 Å². The smallest absolute Gasteiger partial charge is 0.204 e. The van der Waals surface area contributed by atoms with E-state index >= 15 is 0 Å². The molecule has 2 aromatic heterocycles. The zero-order chi connectivity index (χ0) is 10.7. The van der Waals surface area contributed by atoms with E-state index in [-0.39, 0.29) is 11.5 Å². The maximum absolute atomic E-state index is 8.54. The van der Waals surface area contributed by atoms with Crippen LogP contribution in [-0.4, -0.2) is 0 Å². The van der Waals surface area contributed by atoms with E-state index in [9.17, 15) is 0 Å². The molecule has 0 saturated heterocycles. The van der Waals surface area contributed by atoms with Crippen molar-refractivity contribution in [3.63, 3.8) is 0 Å². The average Bonchev–Trinajstić information content (AvgIpc) is 2.87. The Bertz CT molecular complexity index is 506. The van der Waals surface area contributed by atoms with Crippen LogP contribution in [0.4, 0.5) is 0 Å². The minimum Gasteiger partial charge on any atom is -0.439 e. The molecule has 2 aromatic rings. The van der Waals surface area contributed by atoms with Crippen molar-refractivity contribution in [1.82, 2.24) is 0 Å². The van der Waals surface area contributed by atoms with Crippen molar-refractivity contribution in [3.05, 3.63) is 35.8 Å². The van der Waals surface area contributed by atoms with E-state index in [2.05, 4.69) is 0 Å². The molecule has 72 valence electrons. The Balaban J connectivity index is 2.16. The Hall–Kier alpha value is -2.11. The van der Waals surface area contributed by atoms with Gasteiger partial charge in [0, 0.05) is 0 Å². The summed E-state index contributed by atoms with van der Waals surface area (Å²) in [5, 5.41) is 18.2. The van der Waals surface area contributed by atoms with Gasteiger partial charge in [0.15, 0.2) is 10.2 Å². The fourth-order valence-corrected chi connectivity index (χ4v) is 1.70. The Morgan fingerprint density at radius 3 is 1.67 bits per heavy atom. The molecule has 0 bridgehead atoms.